The Morgan fingerprint density at radius 2 is 1.76 bits per heavy atom. The largest absolute Gasteiger partial charge is 0.339 e. The van der Waals surface area contributed by atoms with Gasteiger partial charge in [-0.25, -0.2) is 0 Å². The van der Waals surface area contributed by atoms with Crippen LogP contribution in [0.1, 0.15) is 47.4 Å². The van der Waals surface area contributed by atoms with Crippen molar-refractivity contribution in [3.8, 4) is 0 Å². The molecule has 0 spiro atoms. The average molecular weight is 343 g/mol. The molecule has 3 rings (SSSR count). The number of benzene rings is 1. The molecule has 0 aromatic heterocycles. The summed E-state index contributed by atoms with van der Waals surface area (Å²) in [6, 6.07) is 6.27. The molecule has 3 amide bonds. The Labute approximate surface area is 148 Å². The predicted molar refractivity (Wildman–Crippen MR) is 94.2 cm³/mol. The topological polar surface area (TPSA) is 69.7 Å². The number of carbonyl (C=O) groups is 3. The lowest BCUT2D eigenvalue weighted by Crippen LogP contribution is -2.57. The van der Waals surface area contributed by atoms with Crippen molar-refractivity contribution in [3.63, 3.8) is 0 Å². The maximum atomic E-state index is 13.2. The fourth-order valence-corrected chi connectivity index (χ4v) is 3.75. The third-order valence-electron chi connectivity index (χ3n) is 5.13. The molecule has 134 valence electrons. The summed E-state index contributed by atoms with van der Waals surface area (Å²) in [4.78, 5) is 41.7. The van der Waals surface area contributed by atoms with E-state index in [1.54, 1.807) is 29.2 Å². The molecule has 1 aromatic rings. The minimum Gasteiger partial charge on any atom is -0.339 e. The van der Waals surface area contributed by atoms with Crippen molar-refractivity contribution in [1.29, 1.82) is 0 Å². The highest BCUT2D eigenvalue weighted by Gasteiger charge is 2.45. The number of fused-ring (bicyclic) bond motifs is 1. The van der Waals surface area contributed by atoms with E-state index in [1.807, 2.05) is 20.9 Å². The van der Waals surface area contributed by atoms with Gasteiger partial charge in [-0.1, -0.05) is 26.0 Å². The molecule has 6 nitrogen and oxygen atoms in total. The molecule has 25 heavy (non-hydrogen) atoms. The average Bonchev–Trinajstić information content (AvgIpc) is 2.87. The summed E-state index contributed by atoms with van der Waals surface area (Å²) >= 11 is 0. The van der Waals surface area contributed by atoms with Crippen molar-refractivity contribution in [2.45, 2.75) is 38.8 Å². The Morgan fingerprint density at radius 1 is 1.16 bits per heavy atom. The van der Waals surface area contributed by atoms with Crippen molar-refractivity contribution < 1.29 is 14.4 Å². The number of imide groups is 1. The van der Waals surface area contributed by atoms with Crippen LogP contribution in [0, 0.1) is 5.92 Å². The molecule has 0 bridgehead atoms. The van der Waals surface area contributed by atoms with Gasteiger partial charge in [0.25, 0.3) is 11.8 Å². The molecular formula is C19H25N3O3. The molecular weight excluding hydrogens is 318 g/mol. The van der Waals surface area contributed by atoms with Crippen molar-refractivity contribution in [1.82, 2.24) is 15.1 Å². The first-order chi connectivity index (χ1) is 12.0. The monoisotopic (exact) mass is 343 g/mol. The van der Waals surface area contributed by atoms with Crippen LogP contribution in [0.25, 0.3) is 0 Å². The van der Waals surface area contributed by atoms with Crippen LogP contribution in [-0.4, -0.2) is 59.7 Å². The van der Waals surface area contributed by atoms with Gasteiger partial charge in [-0.15, -0.1) is 0 Å². The molecule has 1 fully saturated rings. The summed E-state index contributed by atoms with van der Waals surface area (Å²) in [5.41, 5.74) is 0.774. The quantitative estimate of drug-likeness (QED) is 0.842. The number of hydrogen-bond donors (Lipinski definition) is 1. The van der Waals surface area contributed by atoms with Crippen LogP contribution in [-0.2, 0) is 4.79 Å². The summed E-state index contributed by atoms with van der Waals surface area (Å²) < 4.78 is 0. The Bertz CT molecular complexity index is 666. The standard InChI is InChI=1S/C19H25N3O3/c1-12(2)16(19(25)21-10-6-7-13(11-21)20-3)22-17(23)14-8-4-5-9-15(14)18(22)24/h4-5,8-9,12-13,16,20H,6-7,10-11H2,1-3H3. The van der Waals surface area contributed by atoms with Gasteiger partial charge in [-0.3, -0.25) is 19.3 Å². The van der Waals surface area contributed by atoms with Crippen molar-refractivity contribution in [3.05, 3.63) is 35.4 Å². The fraction of sp³-hybridized carbons (Fsp3) is 0.526. The second-order valence-electron chi connectivity index (χ2n) is 7.13. The Kier molecular flexibility index (Phi) is 4.90. The smallest absolute Gasteiger partial charge is 0.262 e. The van der Waals surface area contributed by atoms with Crippen LogP contribution >= 0.6 is 0 Å². The molecule has 0 radical (unpaired) electrons. The third-order valence-corrected chi connectivity index (χ3v) is 5.13. The van der Waals surface area contributed by atoms with Gasteiger partial charge in [0.2, 0.25) is 5.91 Å². The highest BCUT2D eigenvalue weighted by Crippen LogP contribution is 2.28. The SMILES string of the molecule is CNC1CCCN(C(=O)C(C(C)C)N2C(=O)c3ccccc3C2=O)C1. The summed E-state index contributed by atoms with van der Waals surface area (Å²) in [6.45, 7) is 5.04. The van der Waals surface area contributed by atoms with E-state index in [-0.39, 0.29) is 29.7 Å². The molecule has 2 aliphatic heterocycles. The van der Waals surface area contributed by atoms with Crippen molar-refractivity contribution in [2.75, 3.05) is 20.1 Å². The third kappa shape index (κ3) is 3.06. The van der Waals surface area contributed by atoms with E-state index in [2.05, 4.69) is 5.32 Å². The van der Waals surface area contributed by atoms with Crippen LogP contribution < -0.4 is 5.32 Å². The number of amides is 3. The number of nitrogens with zero attached hydrogens (tertiary/aromatic N) is 2. The van der Waals surface area contributed by atoms with Crippen LogP contribution in [0.3, 0.4) is 0 Å². The fourth-order valence-electron chi connectivity index (χ4n) is 3.75. The van der Waals surface area contributed by atoms with Gasteiger partial charge in [0, 0.05) is 19.1 Å². The highest BCUT2D eigenvalue weighted by molar-refractivity contribution is 6.22. The zero-order valence-corrected chi connectivity index (χ0v) is 15.0. The number of carbonyl (C=O) groups excluding carboxylic acids is 3. The van der Waals surface area contributed by atoms with Crippen LogP contribution in [0.4, 0.5) is 0 Å². The van der Waals surface area contributed by atoms with Gasteiger partial charge in [0.1, 0.15) is 6.04 Å². The lowest BCUT2D eigenvalue weighted by atomic mass is 9.98. The molecule has 2 aliphatic rings. The van der Waals surface area contributed by atoms with Crippen LogP contribution in [0.15, 0.2) is 24.3 Å². The van der Waals surface area contributed by atoms with Crippen LogP contribution in [0.5, 0.6) is 0 Å². The number of likely N-dealkylation sites (tertiary alicyclic amines) is 1. The molecule has 0 saturated carbocycles. The number of piperidine rings is 1. The normalized spacial score (nSPS) is 21.7. The van der Waals surface area contributed by atoms with Gasteiger partial charge in [-0.05, 0) is 37.9 Å². The maximum absolute atomic E-state index is 13.2. The second kappa shape index (κ2) is 6.96. The number of rotatable bonds is 4. The minimum absolute atomic E-state index is 0.135. The molecule has 2 atom stereocenters. The van der Waals surface area contributed by atoms with Gasteiger partial charge in [0.15, 0.2) is 0 Å². The minimum atomic E-state index is -0.761. The van der Waals surface area contributed by atoms with E-state index in [0.29, 0.717) is 24.2 Å². The summed E-state index contributed by atoms with van der Waals surface area (Å²) in [7, 11) is 1.89. The summed E-state index contributed by atoms with van der Waals surface area (Å²) in [6.07, 6.45) is 1.95. The first-order valence-electron chi connectivity index (χ1n) is 8.88. The van der Waals surface area contributed by atoms with Gasteiger partial charge in [0.05, 0.1) is 11.1 Å². The lowest BCUT2D eigenvalue weighted by molar-refractivity contribution is -0.138. The van der Waals surface area contributed by atoms with Crippen molar-refractivity contribution >= 4 is 17.7 Å². The van der Waals surface area contributed by atoms with Gasteiger partial charge >= 0.3 is 0 Å². The molecule has 0 aliphatic carbocycles. The maximum Gasteiger partial charge on any atom is 0.262 e. The Morgan fingerprint density at radius 3 is 2.28 bits per heavy atom. The van der Waals surface area contributed by atoms with E-state index in [1.165, 1.54) is 4.90 Å². The van der Waals surface area contributed by atoms with E-state index in [0.717, 1.165) is 12.8 Å². The first-order valence-corrected chi connectivity index (χ1v) is 8.88. The molecule has 1 N–H and O–H groups in total. The lowest BCUT2D eigenvalue weighted by Gasteiger charge is -2.38. The summed E-state index contributed by atoms with van der Waals surface area (Å²) in [5, 5.41) is 3.22. The molecule has 2 heterocycles. The molecule has 6 heteroatoms. The zero-order chi connectivity index (χ0) is 18.1. The number of likely N-dealkylation sites (N-methyl/N-ethyl adjacent to an activating group) is 1. The number of nitrogens with one attached hydrogen (secondary N) is 1. The van der Waals surface area contributed by atoms with E-state index in [9.17, 15) is 14.4 Å². The first kappa shape index (κ1) is 17.6. The summed E-state index contributed by atoms with van der Waals surface area (Å²) in [5.74, 6) is -1.02. The molecule has 1 saturated heterocycles. The highest BCUT2D eigenvalue weighted by atomic mass is 16.2. The van der Waals surface area contributed by atoms with Crippen LogP contribution in [0.2, 0.25) is 0 Å². The molecule has 2 unspecified atom stereocenters. The predicted octanol–water partition coefficient (Wildman–Crippen LogP) is 1.52. The van der Waals surface area contributed by atoms with E-state index in [4.69, 9.17) is 0 Å². The zero-order valence-electron chi connectivity index (χ0n) is 15.0. The Hall–Kier alpha value is -2.21. The van der Waals surface area contributed by atoms with Gasteiger partial charge < -0.3 is 10.2 Å². The van der Waals surface area contributed by atoms with E-state index < -0.39 is 6.04 Å². The van der Waals surface area contributed by atoms with Gasteiger partial charge in [-0.2, -0.15) is 0 Å². The second-order valence-corrected chi connectivity index (χ2v) is 7.13. The Balaban J connectivity index is 1.88. The van der Waals surface area contributed by atoms with E-state index >= 15 is 0 Å². The number of hydrogen-bond acceptors (Lipinski definition) is 4. The van der Waals surface area contributed by atoms with Crippen molar-refractivity contribution in [2.24, 2.45) is 5.92 Å². The molecule has 1 aromatic carbocycles.